The molecule has 4 heteroatoms. The first-order valence-corrected chi connectivity index (χ1v) is 8.01. The molecule has 0 amide bonds. The summed E-state index contributed by atoms with van der Waals surface area (Å²) < 4.78 is 5.89. The van der Waals surface area contributed by atoms with E-state index in [1.165, 1.54) is 7.11 Å². The van der Waals surface area contributed by atoms with E-state index in [1.807, 2.05) is 37.3 Å². The average Bonchev–Trinajstić information content (AvgIpc) is 2.42. The molecule has 104 valence electrons. The van der Waals surface area contributed by atoms with Gasteiger partial charge in [-0.15, -0.1) is 0 Å². The first-order chi connectivity index (χ1) is 9.04. The van der Waals surface area contributed by atoms with Gasteiger partial charge in [-0.05, 0) is 0 Å². The number of ether oxygens (including phenoxy) is 1. The first-order valence-electron chi connectivity index (χ1n) is 6.16. The van der Waals surface area contributed by atoms with Gasteiger partial charge in [0.2, 0.25) is 0 Å². The summed E-state index contributed by atoms with van der Waals surface area (Å²) in [6.07, 6.45) is 0.591. The number of carbonyl (C=O) groups excluding carboxylic acids is 1. The van der Waals surface area contributed by atoms with Crippen molar-refractivity contribution in [2.75, 3.05) is 7.11 Å². The topological polar surface area (TPSA) is 46.5 Å². The molecular formula is C15H20O3Se. The van der Waals surface area contributed by atoms with E-state index in [0.29, 0.717) is 6.42 Å². The number of rotatable bonds is 7. The summed E-state index contributed by atoms with van der Waals surface area (Å²) in [5, 5.41) is 10.2. The molecule has 0 saturated heterocycles. The van der Waals surface area contributed by atoms with E-state index in [-0.39, 0.29) is 20.9 Å². The van der Waals surface area contributed by atoms with Crippen molar-refractivity contribution in [1.82, 2.24) is 0 Å². The van der Waals surface area contributed by atoms with Gasteiger partial charge in [-0.3, -0.25) is 0 Å². The summed E-state index contributed by atoms with van der Waals surface area (Å²) in [7, 11) is 1.36. The van der Waals surface area contributed by atoms with Gasteiger partial charge >= 0.3 is 120 Å². The minimum absolute atomic E-state index is 0.136. The Labute approximate surface area is 120 Å². The summed E-state index contributed by atoms with van der Waals surface area (Å²) in [5.74, 6) is -0.335. The van der Waals surface area contributed by atoms with Gasteiger partial charge < -0.3 is 0 Å². The second-order valence-corrected chi connectivity index (χ2v) is 6.99. The molecule has 0 aromatic heterocycles. The van der Waals surface area contributed by atoms with Gasteiger partial charge in [0, 0.05) is 0 Å². The monoisotopic (exact) mass is 328 g/mol. The molecule has 0 aliphatic rings. The molecule has 1 aromatic rings. The number of hydrogen-bond acceptors (Lipinski definition) is 3. The Morgan fingerprint density at radius 1 is 1.42 bits per heavy atom. The second-order valence-electron chi connectivity index (χ2n) is 4.44. The molecule has 0 bridgehead atoms. The fraction of sp³-hybridized carbons (Fsp3) is 0.400. The van der Waals surface area contributed by atoms with Crippen LogP contribution in [0, 0.1) is 0 Å². The van der Waals surface area contributed by atoms with E-state index in [1.54, 1.807) is 0 Å². The maximum atomic E-state index is 11.8. The molecule has 1 N–H and O–H groups in total. The van der Waals surface area contributed by atoms with Crippen LogP contribution in [0.25, 0.3) is 0 Å². The van der Waals surface area contributed by atoms with Crippen molar-refractivity contribution in [1.29, 1.82) is 0 Å². The van der Waals surface area contributed by atoms with Crippen LogP contribution in [-0.4, -0.2) is 39.2 Å². The molecule has 0 unspecified atom stereocenters. The normalized spacial score (nSPS) is 13.6. The van der Waals surface area contributed by atoms with Gasteiger partial charge in [-0.1, -0.05) is 0 Å². The van der Waals surface area contributed by atoms with Crippen molar-refractivity contribution in [3.8, 4) is 0 Å². The third-order valence-electron chi connectivity index (χ3n) is 2.66. The van der Waals surface area contributed by atoms with E-state index in [0.717, 1.165) is 16.5 Å². The molecule has 0 saturated carbocycles. The summed E-state index contributed by atoms with van der Waals surface area (Å²) in [6.45, 7) is 5.73. The molecule has 1 rings (SSSR count). The molecule has 0 heterocycles. The zero-order chi connectivity index (χ0) is 14.3. The van der Waals surface area contributed by atoms with Crippen molar-refractivity contribution in [2.45, 2.75) is 30.7 Å². The Morgan fingerprint density at radius 3 is 2.58 bits per heavy atom. The van der Waals surface area contributed by atoms with Gasteiger partial charge in [-0.2, -0.15) is 0 Å². The molecule has 1 aromatic carbocycles. The Bertz CT molecular complexity index is 417. The van der Waals surface area contributed by atoms with Gasteiger partial charge in [0.15, 0.2) is 0 Å². The Morgan fingerprint density at radius 2 is 2.05 bits per heavy atom. The number of methoxy groups -OCH3 is 1. The van der Waals surface area contributed by atoms with E-state index >= 15 is 0 Å². The average molecular weight is 327 g/mol. The molecule has 2 atom stereocenters. The van der Waals surface area contributed by atoms with Crippen LogP contribution < -0.4 is 4.46 Å². The number of hydrogen-bond donors (Lipinski definition) is 1. The molecule has 0 spiro atoms. The summed E-state index contributed by atoms with van der Waals surface area (Å²) >= 11 is -0.136. The van der Waals surface area contributed by atoms with E-state index in [2.05, 4.69) is 6.58 Å². The standard InChI is InChI=1S/C15H20O3Se/c1-11(2)9-10-13(16)14(15(17)18-3)19-12-7-5-4-6-8-12/h4-8,13-14,16H,1,9-10H2,2-3H3/t13-,14+/m0/s1. The van der Waals surface area contributed by atoms with E-state index < -0.39 is 10.9 Å². The summed E-state index contributed by atoms with van der Waals surface area (Å²) in [6, 6.07) is 9.75. The Balaban J connectivity index is 2.71. The van der Waals surface area contributed by atoms with Crippen LogP contribution in [0.2, 0.25) is 4.82 Å². The molecule has 19 heavy (non-hydrogen) atoms. The van der Waals surface area contributed by atoms with Gasteiger partial charge in [0.25, 0.3) is 0 Å². The van der Waals surface area contributed by atoms with Crippen LogP contribution in [-0.2, 0) is 9.53 Å². The van der Waals surface area contributed by atoms with Crippen LogP contribution in [0.5, 0.6) is 0 Å². The zero-order valence-corrected chi connectivity index (χ0v) is 13.0. The fourth-order valence-corrected chi connectivity index (χ4v) is 3.88. The maximum absolute atomic E-state index is 11.8. The molecule has 0 fully saturated rings. The fourth-order valence-electron chi connectivity index (χ4n) is 1.59. The van der Waals surface area contributed by atoms with E-state index in [9.17, 15) is 9.90 Å². The number of aliphatic hydroxyl groups excluding tert-OH is 1. The first kappa shape index (κ1) is 16.0. The van der Waals surface area contributed by atoms with Crippen molar-refractivity contribution in [3.63, 3.8) is 0 Å². The Kier molecular flexibility index (Phi) is 6.85. The minimum atomic E-state index is -0.677. The van der Waals surface area contributed by atoms with Crippen LogP contribution in [0.3, 0.4) is 0 Å². The third kappa shape index (κ3) is 5.60. The number of esters is 1. The molecule has 3 nitrogen and oxygen atoms in total. The number of allylic oxidation sites excluding steroid dienone is 1. The number of carbonyl (C=O) groups is 1. The molecule has 0 radical (unpaired) electrons. The van der Waals surface area contributed by atoms with E-state index in [4.69, 9.17) is 4.74 Å². The van der Waals surface area contributed by atoms with Crippen LogP contribution in [0.1, 0.15) is 19.8 Å². The SMILES string of the molecule is C=C(C)CC[C@H](O)[C@@H]([Se]c1ccccc1)C(=O)OC. The summed E-state index contributed by atoms with van der Waals surface area (Å²) in [4.78, 5) is 11.4. The quantitative estimate of drug-likeness (QED) is 0.471. The molecule has 0 aliphatic heterocycles. The summed E-state index contributed by atoms with van der Waals surface area (Å²) in [5.41, 5.74) is 1.01. The van der Waals surface area contributed by atoms with Crippen LogP contribution >= 0.6 is 0 Å². The number of benzene rings is 1. The van der Waals surface area contributed by atoms with Crippen molar-refractivity contribution >= 4 is 25.4 Å². The molecule has 0 aliphatic carbocycles. The van der Waals surface area contributed by atoms with Crippen molar-refractivity contribution in [3.05, 3.63) is 42.5 Å². The van der Waals surface area contributed by atoms with Gasteiger partial charge in [-0.25, -0.2) is 0 Å². The predicted octanol–water partition coefficient (Wildman–Crippen LogP) is 1.69. The Hall–Kier alpha value is -1.09. The van der Waals surface area contributed by atoms with Crippen LogP contribution in [0.4, 0.5) is 0 Å². The molecular weight excluding hydrogens is 307 g/mol. The van der Waals surface area contributed by atoms with Gasteiger partial charge in [0.1, 0.15) is 0 Å². The van der Waals surface area contributed by atoms with Crippen molar-refractivity contribution in [2.24, 2.45) is 0 Å². The van der Waals surface area contributed by atoms with Crippen LogP contribution in [0.15, 0.2) is 42.5 Å². The second kappa shape index (κ2) is 8.15. The number of aliphatic hydroxyl groups is 1. The third-order valence-corrected chi connectivity index (χ3v) is 5.39. The van der Waals surface area contributed by atoms with Gasteiger partial charge in [0.05, 0.1) is 0 Å². The zero-order valence-electron chi connectivity index (χ0n) is 11.3. The predicted molar refractivity (Wildman–Crippen MR) is 77.7 cm³/mol. The van der Waals surface area contributed by atoms with Crippen molar-refractivity contribution < 1.29 is 14.6 Å².